The smallest absolute Gasteiger partial charge is 0.244 e. The highest BCUT2D eigenvalue weighted by Crippen LogP contribution is 2.10. The van der Waals surface area contributed by atoms with Crippen molar-refractivity contribution in [2.45, 2.75) is 11.8 Å². The minimum atomic E-state index is -3.67. The number of sulfonamides is 1. The molecule has 0 aliphatic rings. The first-order valence-corrected chi connectivity index (χ1v) is 7.57. The van der Waals surface area contributed by atoms with Crippen LogP contribution in [0, 0.1) is 6.92 Å². The third-order valence-corrected chi connectivity index (χ3v) is 4.05. The Morgan fingerprint density at radius 2 is 1.95 bits per heavy atom. The van der Waals surface area contributed by atoms with Gasteiger partial charge in [-0.3, -0.25) is 0 Å². The molecule has 1 N–H and O–H groups in total. The molecule has 1 aromatic carbocycles. The van der Waals surface area contributed by atoms with Crippen molar-refractivity contribution in [3.8, 4) is 0 Å². The standard InChI is InChI=1S/C13H12ClN3O2S/c1-10-4-6-12(7-5-10)20(18,19)17-16-9-11-3-2-8-15-13(11)14/h2-9,17H,1H3. The lowest BCUT2D eigenvalue weighted by Gasteiger charge is -2.03. The van der Waals surface area contributed by atoms with Gasteiger partial charge in [0.25, 0.3) is 10.0 Å². The molecule has 0 unspecified atom stereocenters. The third-order valence-electron chi connectivity index (χ3n) is 2.50. The van der Waals surface area contributed by atoms with Crippen molar-refractivity contribution in [2.24, 2.45) is 5.10 Å². The van der Waals surface area contributed by atoms with Gasteiger partial charge in [-0.25, -0.2) is 9.82 Å². The number of nitrogens with one attached hydrogen (secondary N) is 1. The summed E-state index contributed by atoms with van der Waals surface area (Å²) >= 11 is 5.83. The largest absolute Gasteiger partial charge is 0.276 e. The molecule has 0 atom stereocenters. The molecule has 5 nitrogen and oxygen atoms in total. The van der Waals surface area contributed by atoms with Crippen LogP contribution in [0.15, 0.2) is 52.6 Å². The summed E-state index contributed by atoms with van der Waals surface area (Å²) < 4.78 is 23.9. The molecule has 0 radical (unpaired) electrons. The fraction of sp³-hybridized carbons (Fsp3) is 0.0769. The fourth-order valence-electron chi connectivity index (χ4n) is 1.43. The molecule has 1 heterocycles. The summed E-state index contributed by atoms with van der Waals surface area (Å²) in [7, 11) is -3.67. The maximum Gasteiger partial charge on any atom is 0.276 e. The van der Waals surface area contributed by atoms with E-state index < -0.39 is 10.0 Å². The van der Waals surface area contributed by atoms with Crippen molar-refractivity contribution in [1.29, 1.82) is 0 Å². The second kappa shape index (κ2) is 6.02. The maximum absolute atomic E-state index is 11.9. The Morgan fingerprint density at radius 1 is 1.25 bits per heavy atom. The molecular weight excluding hydrogens is 298 g/mol. The molecule has 104 valence electrons. The minimum Gasteiger partial charge on any atom is -0.244 e. The number of aromatic nitrogens is 1. The van der Waals surface area contributed by atoms with Crippen LogP contribution >= 0.6 is 11.6 Å². The van der Waals surface area contributed by atoms with E-state index in [-0.39, 0.29) is 10.0 Å². The number of aryl methyl sites for hydroxylation is 1. The predicted molar refractivity (Wildman–Crippen MR) is 78.3 cm³/mol. The summed E-state index contributed by atoms with van der Waals surface area (Å²) in [5.41, 5.74) is 1.51. The molecular formula is C13H12ClN3O2S. The summed E-state index contributed by atoms with van der Waals surface area (Å²) in [4.78, 5) is 6.14. The van der Waals surface area contributed by atoms with Gasteiger partial charge in [-0.05, 0) is 31.2 Å². The number of rotatable bonds is 4. The van der Waals surface area contributed by atoms with E-state index in [1.807, 2.05) is 6.92 Å². The van der Waals surface area contributed by atoms with Gasteiger partial charge in [-0.2, -0.15) is 13.5 Å². The molecule has 0 fully saturated rings. The van der Waals surface area contributed by atoms with E-state index in [0.29, 0.717) is 5.56 Å². The first-order chi connectivity index (χ1) is 9.49. The Hall–Kier alpha value is -1.92. The highest BCUT2D eigenvalue weighted by molar-refractivity contribution is 7.89. The van der Waals surface area contributed by atoms with Crippen molar-refractivity contribution in [3.63, 3.8) is 0 Å². The van der Waals surface area contributed by atoms with E-state index in [0.717, 1.165) is 5.56 Å². The van der Waals surface area contributed by atoms with E-state index in [4.69, 9.17) is 11.6 Å². The molecule has 0 amide bonds. The van der Waals surface area contributed by atoms with Crippen LogP contribution in [-0.4, -0.2) is 19.6 Å². The van der Waals surface area contributed by atoms with Gasteiger partial charge in [0.15, 0.2) is 0 Å². The van der Waals surface area contributed by atoms with Gasteiger partial charge in [0.05, 0.1) is 11.1 Å². The molecule has 2 rings (SSSR count). The van der Waals surface area contributed by atoms with E-state index in [1.54, 1.807) is 24.3 Å². The zero-order valence-electron chi connectivity index (χ0n) is 10.6. The number of halogens is 1. The van der Waals surface area contributed by atoms with Gasteiger partial charge in [0.1, 0.15) is 5.15 Å². The second-order valence-electron chi connectivity index (χ2n) is 4.05. The molecule has 0 bridgehead atoms. The lowest BCUT2D eigenvalue weighted by molar-refractivity contribution is 0.584. The summed E-state index contributed by atoms with van der Waals surface area (Å²) in [5.74, 6) is 0. The summed E-state index contributed by atoms with van der Waals surface area (Å²) in [6, 6.07) is 9.84. The van der Waals surface area contributed by atoms with E-state index in [9.17, 15) is 8.42 Å². The lowest BCUT2D eigenvalue weighted by atomic mass is 10.2. The average molecular weight is 310 g/mol. The Bertz CT molecular complexity index is 728. The number of hydrazone groups is 1. The van der Waals surface area contributed by atoms with Crippen LogP contribution < -0.4 is 4.83 Å². The Balaban J connectivity index is 2.14. The molecule has 20 heavy (non-hydrogen) atoms. The Morgan fingerprint density at radius 3 is 2.60 bits per heavy atom. The number of pyridine rings is 1. The number of nitrogens with zero attached hydrogens (tertiary/aromatic N) is 2. The van der Waals surface area contributed by atoms with Crippen molar-refractivity contribution < 1.29 is 8.42 Å². The van der Waals surface area contributed by atoms with Crippen molar-refractivity contribution in [2.75, 3.05) is 0 Å². The van der Waals surface area contributed by atoms with Crippen molar-refractivity contribution in [3.05, 3.63) is 58.9 Å². The molecule has 0 aliphatic carbocycles. The molecule has 1 aromatic heterocycles. The SMILES string of the molecule is Cc1ccc(S(=O)(=O)NN=Cc2cccnc2Cl)cc1. The first-order valence-electron chi connectivity index (χ1n) is 5.71. The maximum atomic E-state index is 11.9. The summed E-state index contributed by atoms with van der Waals surface area (Å²) in [5, 5.41) is 3.94. The highest BCUT2D eigenvalue weighted by atomic mass is 35.5. The molecule has 0 saturated heterocycles. The molecule has 0 saturated carbocycles. The van der Waals surface area contributed by atoms with E-state index in [1.165, 1.54) is 24.5 Å². The quantitative estimate of drug-likeness (QED) is 0.535. The zero-order chi connectivity index (χ0) is 14.6. The minimum absolute atomic E-state index is 0.150. The zero-order valence-corrected chi connectivity index (χ0v) is 12.2. The highest BCUT2D eigenvalue weighted by Gasteiger charge is 2.11. The molecule has 0 spiro atoms. The van der Waals surface area contributed by atoms with Crippen LogP contribution in [0.3, 0.4) is 0 Å². The molecule has 0 aliphatic heterocycles. The Kier molecular flexibility index (Phi) is 4.36. The van der Waals surface area contributed by atoms with Crippen molar-refractivity contribution >= 4 is 27.8 Å². The number of hydrogen-bond donors (Lipinski definition) is 1. The van der Waals surface area contributed by atoms with Gasteiger partial charge in [0, 0.05) is 11.8 Å². The van der Waals surface area contributed by atoms with Crippen LogP contribution in [0.5, 0.6) is 0 Å². The van der Waals surface area contributed by atoms with Gasteiger partial charge in [-0.15, -0.1) is 0 Å². The van der Waals surface area contributed by atoms with E-state index >= 15 is 0 Å². The monoisotopic (exact) mass is 309 g/mol. The normalized spacial score (nSPS) is 11.7. The molecule has 7 heteroatoms. The predicted octanol–water partition coefficient (Wildman–Crippen LogP) is 2.36. The fourth-order valence-corrected chi connectivity index (χ4v) is 2.39. The second-order valence-corrected chi connectivity index (χ2v) is 6.07. The number of hydrogen-bond acceptors (Lipinski definition) is 4. The van der Waals surface area contributed by atoms with Crippen LogP contribution in [-0.2, 0) is 10.0 Å². The van der Waals surface area contributed by atoms with Crippen LogP contribution in [0.1, 0.15) is 11.1 Å². The number of benzene rings is 1. The third kappa shape index (κ3) is 3.55. The van der Waals surface area contributed by atoms with Gasteiger partial charge in [0.2, 0.25) is 0 Å². The summed E-state index contributed by atoms with van der Waals surface area (Å²) in [6.45, 7) is 1.88. The molecule has 2 aromatic rings. The average Bonchev–Trinajstić information content (AvgIpc) is 2.41. The summed E-state index contributed by atoms with van der Waals surface area (Å²) in [6.07, 6.45) is 2.84. The lowest BCUT2D eigenvalue weighted by Crippen LogP contribution is -2.18. The van der Waals surface area contributed by atoms with Gasteiger partial charge in [-0.1, -0.05) is 29.3 Å². The van der Waals surface area contributed by atoms with Crippen LogP contribution in [0.4, 0.5) is 0 Å². The van der Waals surface area contributed by atoms with Gasteiger partial charge < -0.3 is 0 Å². The van der Waals surface area contributed by atoms with Crippen LogP contribution in [0.2, 0.25) is 5.15 Å². The Labute approximate surface area is 122 Å². The topological polar surface area (TPSA) is 71.4 Å². The van der Waals surface area contributed by atoms with E-state index in [2.05, 4.69) is 14.9 Å². The van der Waals surface area contributed by atoms with Crippen LogP contribution in [0.25, 0.3) is 0 Å². The first kappa shape index (κ1) is 14.5. The van der Waals surface area contributed by atoms with Crippen molar-refractivity contribution in [1.82, 2.24) is 9.82 Å². The van der Waals surface area contributed by atoms with Gasteiger partial charge >= 0.3 is 0 Å².